The lowest BCUT2D eigenvalue weighted by Gasteiger charge is -2.19. The van der Waals surface area contributed by atoms with Gasteiger partial charge in [0.25, 0.3) is 11.8 Å². The molecule has 2 aromatic carbocycles. The number of benzene rings is 2. The van der Waals surface area contributed by atoms with Crippen molar-refractivity contribution in [3.63, 3.8) is 0 Å². The van der Waals surface area contributed by atoms with Crippen molar-refractivity contribution in [3.8, 4) is 17.2 Å². The number of nitrogens with one attached hydrogen (secondary N) is 1. The lowest BCUT2D eigenvalue weighted by Crippen LogP contribution is -2.35. The Hall–Kier alpha value is -3.48. The quantitative estimate of drug-likeness (QED) is 0.739. The fourth-order valence-electron chi connectivity index (χ4n) is 3.51. The van der Waals surface area contributed by atoms with Gasteiger partial charge in [-0.05, 0) is 35.7 Å². The monoisotopic (exact) mass is 408 g/mol. The van der Waals surface area contributed by atoms with E-state index in [1.165, 1.54) is 4.90 Å². The molecular weight excluding hydrogens is 384 g/mol. The number of rotatable bonds is 6. The van der Waals surface area contributed by atoms with Crippen LogP contribution in [0.15, 0.2) is 48.2 Å². The Morgan fingerprint density at radius 3 is 2.37 bits per heavy atom. The van der Waals surface area contributed by atoms with Crippen molar-refractivity contribution in [1.82, 2.24) is 4.90 Å². The molecule has 4 rings (SSSR count). The molecular formula is C23H24N2O5. The molecule has 0 aliphatic carbocycles. The molecule has 2 aliphatic heterocycles. The molecule has 0 atom stereocenters. The minimum atomic E-state index is -0.339. The number of fused-ring (bicyclic) bond motifs is 1. The Morgan fingerprint density at radius 1 is 1.00 bits per heavy atom. The Labute approximate surface area is 175 Å². The molecule has 156 valence electrons. The molecule has 7 heteroatoms. The number of amides is 2. The average molecular weight is 408 g/mol. The zero-order chi connectivity index (χ0) is 21.3. The zero-order valence-corrected chi connectivity index (χ0v) is 17.2. The predicted molar refractivity (Wildman–Crippen MR) is 113 cm³/mol. The number of hydrogen-bond donors (Lipinski definition) is 1. The van der Waals surface area contributed by atoms with Crippen molar-refractivity contribution in [2.45, 2.75) is 13.8 Å². The molecule has 0 bridgehead atoms. The molecule has 2 aliphatic rings. The standard InChI is InChI=1S/C23H24N2O5/c1-14(2)13-25-22(26)20(15-4-7-17(28-3)8-5-15)21(23(25)27)24-16-6-9-18-19(12-16)30-11-10-29-18/h4-9,12,14,24H,10-11,13H2,1-3H3. The van der Waals surface area contributed by atoms with E-state index in [-0.39, 0.29) is 23.4 Å². The summed E-state index contributed by atoms with van der Waals surface area (Å²) >= 11 is 0. The normalized spacial score (nSPS) is 15.8. The van der Waals surface area contributed by atoms with Gasteiger partial charge >= 0.3 is 0 Å². The fraction of sp³-hybridized carbons (Fsp3) is 0.304. The largest absolute Gasteiger partial charge is 0.497 e. The second kappa shape index (κ2) is 8.10. The molecule has 0 unspecified atom stereocenters. The maximum absolute atomic E-state index is 13.2. The van der Waals surface area contributed by atoms with Gasteiger partial charge in [-0.15, -0.1) is 0 Å². The number of hydrogen-bond acceptors (Lipinski definition) is 6. The van der Waals surface area contributed by atoms with E-state index >= 15 is 0 Å². The van der Waals surface area contributed by atoms with Crippen LogP contribution in [0.5, 0.6) is 17.2 Å². The fourth-order valence-corrected chi connectivity index (χ4v) is 3.51. The second-order valence-electron chi connectivity index (χ2n) is 7.58. The highest BCUT2D eigenvalue weighted by atomic mass is 16.6. The summed E-state index contributed by atoms with van der Waals surface area (Å²) in [6, 6.07) is 12.5. The van der Waals surface area contributed by atoms with Crippen LogP contribution in [-0.4, -0.2) is 43.6 Å². The van der Waals surface area contributed by atoms with Crippen molar-refractivity contribution in [2.75, 3.05) is 32.2 Å². The molecule has 0 saturated carbocycles. The van der Waals surface area contributed by atoms with Crippen LogP contribution >= 0.6 is 0 Å². The Morgan fingerprint density at radius 2 is 1.70 bits per heavy atom. The van der Waals surface area contributed by atoms with Gasteiger partial charge in [-0.2, -0.15) is 0 Å². The van der Waals surface area contributed by atoms with Crippen LogP contribution in [0.2, 0.25) is 0 Å². The van der Waals surface area contributed by atoms with Gasteiger partial charge in [0.2, 0.25) is 0 Å². The van der Waals surface area contributed by atoms with E-state index in [2.05, 4.69) is 5.32 Å². The zero-order valence-electron chi connectivity index (χ0n) is 17.2. The van der Waals surface area contributed by atoms with Crippen LogP contribution in [0, 0.1) is 5.92 Å². The van der Waals surface area contributed by atoms with Crippen molar-refractivity contribution in [1.29, 1.82) is 0 Å². The topological polar surface area (TPSA) is 77.1 Å². The average Bonchev–Trinajstić information content (AvgIpc) is 2.97. The number of carbonyl (C=O) groups excluding carboxylic acids is 2. The first-order chi connectivity index (χ1) is 14.5. The van der Waals surface area contributed by atoms with Crippen LogP contribution in [-0.2, 0) is 9.59 Å². The second-order valence-corrected chi connectivity index (χ2v) is 7.58. The van der Waals surface area contributed by atoms with Crippen LogP contribution in [0.1, 0.15) is 19.4 Å². The van der Waals surface area contributed by atoms with E-state index < -0.39 is 0 Å². The molecule has 7 nitrogen and oxygen atoms in total. The van der Waals surface area contributed by atoms with E-state index in [0.717, 1.165) is 0 Å². The number of carbonyl (C=O) groups is 2. The number of methoxy groups -OCH3 is 1. The molecule has 0 radical (unpaired) electrons. The van der Waals surface area contributed by atoms with E-state index in [9.17, 15) is 9.59 Å². The van der Waals surface area contributed by atoms with Crippen molar-refractivity contribution in [3.05, 3.63) is 53.7 Å². The van der Waals surface area contributed by atoms with Gasteiger partial charge in [0.05, 0.1) is 12.7 Å². The van der Waals surface area contributed by atoms with E-state index in [1.54, 1.807) is 49.6 Å². The van der Waals surface area contributed by atoms with E-state index in [0.29, 0.717) is 53.8 Å². The van der Waals surface area contributed by atoms with Crippen molar-refractivity contribution < 1.29 is 23.8 Å². The molecule has 0 aromatic heterocycles. The summed E-state index contributed by atoms with van der Waals surface area (Å²) in [5.41, 5.74) is 1.90. The number of nitrogens with zero attached hydrogens (tertiary/aromatic N) is 1. The molecule has 30 heavy (non-hydrogen) atoms. The summed E-state index contributed by atoms with van der Waals surface area (Å²) < 4.78 is 16.4. The number of ether oxygens (including phenoxy) is 3. The van der Waals surface area contributed by atoms with Crippen molar-refractivity contribution >= 4 is 23.1 Å². The van der Waals surface area contributed by atoms with Gasteiger partial charge in [-0.3, -0.25) is 14.5 Å². The van der Waals surface area contributed by atoms with Gasteiger partial charge in [0, 0.05) is 18.3 Å². The van der Waals surface area contributed by atoms with Gasteiger partial charge < -0.3 is 19.5 Å². The predicted octanol–water partition coefficient (Wildman–Crippen LogP) is 3.31. The molecule has 0 fully saturated rings. The van der Waals surface area contributed by atoms with Gasteiger partial charge in [-0.25, -0.2) is 0 Å². The van der Waals surface area contributed by atoms with Gasteiger partial charge in [-0.1, -0.05) is 26.0 Å². The van der Waals surface area contributed by atoms with Crippen molar-refractivity contribution in [2.24, 2.45) is 5.92 Å². The summed E-state index contributed by atoms with van der Waals surface area (Å²) in [4.78, 5) is 27.6. The minimum Gasteiger partial charge on any atom is -0.497 e. The number of imide groups is 1. The molecule has 2 aromatic rings. The highest BCUT2D eigenvalue weighted by Crippen LogP contribution is 2.36. The summed E-state index contributed by atoms with van der Waals surface area (Å²) in [6.07, 6.45) is 0. The highest BCUT2D eigenvalue weighted by Gasteiger charge is 2.39. The molecule has 0 saturated heterocycles. The van der Waals surface area contributed by atoms with E-state index in [4.69, 9.17) is 14.2 Å². The number of anilines is 1. The summed E-state index contributed by atoms with van der Waals surface area (Å²) in [6.45, 7) is 5.27. The first-order valence-electron chi connectivity index (χ1n) is 9.89. The molecule has 2 heterocycles. The maximum atomic E-state index is 13.2. The summed E-state index contributed by atoms with van der Waals surface area (Å²) in [5, 5.41) is 3.15. The third kappa shape index (κ3) is 3.70. The molecule has 1 N–H and O–H groups in total. The smallest absolute Gasteiger partial charge is 0.278 e. The van der Waals surface area contributed by atoms with Gasteiger partial charge in [0.1, 0.15) is 24.7 Å². The van der Waals surface area contributed by atoms with Crippen LogP contribution in [0.3, 0.4) is 0 Å². The van der Waals surface area contributed by atoms with Crippen LogP contribution in [0.4, 0.5) is 5.69 Å². The Bertz CT molecular complexity index is 1010. The van der Waals surface area contributed by atoms with Crippen LogP contribution in [0.25, 0.3) is 5.57 Å². The summed E-state index contributed by atoms with van der Waals surface area (Å²) in [5.74, 6) is 1.45. The Balaban J connectivity index is 1.73. The Kier molecular flexibility index (Phi) is 5.35. The first-order valence-corrected chi connectivity index (χ1v) is 9.89. The van der Waals surface area contributed by atoms with Gasteiger partial charge in [0.15, 0.2) is 11.5 Å². The maximum Gasteiger partial charge on any atom is 0.278 e. The van der Waals surface area contributed by atoms with E-state index in [1.807, 2.05) is 13.8 Å². The molecule has 2 amide bonds. The SMILES string of the molecule is COc1ccc(C2=C(Nc3ccc4c(c3)OCCO4)C(=O)N(CC(C)C)C2=O)cc1. The lowest BCUT2D eigenvalue weighted by molar-refractivity contribution is -0.137. The third-order valence-electron chi connectivity index (χ3n) is 4.91. The first kappa shape index (κ1) is 19.8. The highest BCUT2D eigenvalue weighted by molar-refractivity contribution is 6.36. The molecule has 0 spiro atoms. The third-order valence-corrected chi connectivity index (χ3v) is 4.91. The van der Waals surface area contributed by atoms with Crippen LogP contribution < -0.4 is 19.5 Å². The minimum absolute atomic E-state index is 0.156. The summed E-state index contributed by atoms with van der Waals surface area (Å²) in [7, 11) is 1.58. The lowest BCUT2D eigenvalue weighted by atomic mass is 10.0.